The molecule has 1 aromatic rings. The van der Waals surface area contributed by atoms with Crippen molar-refractivity contribution in [1.82, 2.24) is 9.97 Å². The number of nitrogens with one attached hydrogen (secondary N) is 1. The van der Waals surface area contributed by atoms with Crippen LogP contribution < -0.4 is 10.5 Å². The van der Waals surface area contributed by atoms with Gasteiger partial charge in [-0.2, -0.15) is 0 Å². The largest absolute Gasteiger partial charge is 0.354 e. The van der Waals surface area contributed by atoms with Crippen molar-refractivity contribution in [2.24, 2.45) is 0 Å². The van der Waals surface area contributed by atoms with Crippen LogP contribution in [0.5, 0.6) is 0 Å². The van der Waals surface area contributed by atoms with Crippen molar-refractivity contribution in [3.63, 3.8) is 0 Å². The number of hydrogen-bond donors (Lipinski definition) is 1. The maximum Gasteiger partial charge on any atom is 0.271 e. The van der Waals surface area contributed by atoms with Crippen LogP contribution in [0.3, 0.4) is 0 Å². The van der Waals surface area contributed by atoms with Crippen LogP contribution in [0.1, 0.15) is 25.7 Å². The lowest BCUT2D eigenvalue weighted by molar-refractivity contribution is 0.442. The fourth-order valence-electron chi connectivity index (χ4n) is 2.28. The summed E-state index contributed by atoms with van der Waals surface area (Å²) in [6, 6.07) is 0.343. The minimum absolute atomic E-state index is 0.167. The number of aromatic amines is 1. The van der Waals surface area contributed by atoms with Crippen LogP contribution in [0.15, 0.2) is 11.1 Å². The van der Waals surface area contributed by atoms with Gasteiger partial charge >= 0.3 is 0 Å². The van der Waals surface area contributed by atoms with E-state index < -0.39 is 0 Å². The number of aromatic nitrogens is 2. The smallest absolute Gasteiger partial charge is 0.271 e. The first kappa shape index (κ1) is 12.9. The Morgan fingerprint density at radius 2 is 2.24 bits per heavy atom. The molecule has 1 aliphatic carbocycles. The first-order chi connectivity index (χ1) is 8.11. The van der Waals surface area contributed by atoms with E-state index in [2.05, 4.69) is 25.9 Å². The highest BCUT2D eigenvalue weighted by atomic mass is 79.9. The van der Waals surface area contributed by atoms with Crippen LogP contribution in [0.25, 0.3) is 0 Å². The highest BCUT2D eigenvalue weighted by Crippen LogP contribution is 2.31. The fourth-order valence-corrected chi connectivity index (χ4v) is 3.46. The van der Waals surface area contributed by atoms with Gasteiger partial charge in [0, 0.05) is 17.9 Å². The maximum absolute atomic E-state index is 11.4. The minimum atomic E-state index is -0.287. The second-order valence-electron chi connectivity index (χ2n) is 4.35. The zero-order valence-electron chi connectivity index (χ0n) is 9.62. The number of anilines is 1. The Kier molecular flexibility index (Phi) is 4.09. The molecule has 0 aromatic carbocycles. The van der Waals surface area contributed by atoms with Crippen LogP contribution in [0.2, 0.25) is 5.02 Å². The Balaban J connectivity index is 2.26. The number of hydrogen-bond acceptors (Lipinski definition) is 3. The van der Waals surface area contributed by atoms with E-state index in [1.54, 1.807) is 0 Å². The van der Waals surface area contributed by atoms with Gasteiger partial charge in [0.05, 0.1) is 6.33 Å². The molecular formula is C11H15BrClN3O. The summed E-state index contributed by atoms with van der Waals surface area (Å²) >= 11 is 9.69. The molecule has 0 saturated heterocycles. The first-order valence-electron chi connectivity index (χ1n) is 5.71. The lowest BCUT2D eigenvalue weighted by atomic mass is 9.94. The predicted octanol–water partition coefficient (Wildman–Crippen LogP) is 2.57. The van der Waals surface area contributed by atoms with Crippen LogP contribution in [-0.4, -0.2) is 27.9 Å². The van der Waals surface area contributed by atoms with Gasteiger partial charge in [-0.15, -0.1) is 0 Å². The summed E-state index contributed by atoms with van der Waals surface area (Å²) in [6.45, 7) is 0. The molecular weight excluding hydrogens is 305 g/mol. The Hall–Kier alpha value is -0.550. The van der Waals surface area contributed by atoms with Gasteiger partial charge < -0.3 is 9.88 Å². The second kappa shape index (κ2) is 5.40. The third-order valence-electron chi connectivity index (χ3n) is 3.26. The second-order valence-corrected chi connectivity index (χ2v) is 5.90. The van der Waals surface area contributed by atoms with Gasteiger partial charge in [0.2, 0.25) is 0 Å². The Morgan fingerprint density at radius 3 is 2.94 bits per heavy atom. The molecule has 1 fully saturated rings. The molecule has 1 saturated carbocycles. The minimum Gasteiger partial charge on any atom is -0.354 e. The molecule has 2 atom stereocenters. The normalized spacial score (nSPS) is 24.6. The highest BCUT2D eigenvalue weighted by Gasteiger charge is 2.28. The van der Waals surface area contributed by atoms with Crippen molar-refractivity contribution in [2.75, 3.05) is 11.9 Å². The van der Waals surface area contributed by atoms with E-state index >= 15 is 0 Å². The van der Waals surface area contributed by atoms with E-state index in [-0.39, 0.29) is 10.6 Å². The van der Waals surface area contributed by atoms with Crippen molar-refractivity contribution in [2.45, 2.75) is 36.6 Å². The van der Waals surface area contributed by atoms with Crippen molar-refractivity contribution in [1.29, 1.82) is 0 Å². The number of alkyl halides is 1. The summed E-state index contributed by atoms with van der Waals surface area (Å²) in [6.07, 6.45) is 6.09. The quantitative estimate of drug-likeness (QED) is 0.852. The average Bonchev–Trinajstić information content (AvgIpc) is 2.32. The Bertz CT molecular complexity index is 451. The van der Waals surface area contributed by atoms with Crippen molar-refractivity contribution in [3.05, 3.63) is 21.7 Å². The molecule has 0 aliphatic heterocycles. The van der Waals surface area contributed by atoms with Gasteiger partial charge in [-0.25, -0.2) is 4.98 Å². The summed E-state index contributed by atoms with van der Waals surface area (Å²) < 4.78 is 0. The Morgan fingerprint density at radius 1 is 1.53 bits per heavy atom. The average molecular weight is 321 g/mol. The van der Waals surface area contributed by atoms with E-state index in [1.165, 1.54) is 19.2 Å². The molecule has 4 nitrogen and oxygen atoms in total. The molecule has 0 bridgehead atoms. The van der Waals surface area contributed by atoms with Gasteiger partial charge in [0.15, 0.2) is 5.82 Å². The summed E-state index contributed by atoms with van der Waals surface area (Å²) in [4.78, 5) is 20.5. The SMILES string of the molecule is CN(c1nc[nH]c(=O)c1Cl)C1CCCCC1Br. The molecule has 17 heavy (non-hydrogen) atoms. The molecule has 1 aliphatic rings. The lowest BCUT2D eigenvalue weighted by Crippen LogP contribution is -2.41. The van der Waals surface area contributed by atoms with Gasteiger partial charge in [-0.3, -0.25) is 4.79 Å². The molecule has 1 heterocycles. The van der Waals surface area contributed by atoms with E-state index in [9.17, 15) is 4.79 Å². The molecule has 0 amide bonds. The number of nitrogens with zero attached hydrogens (tertiary/aromatic N) is 2. The van der Waals surface area contributed by atoms with Crippen molar-refractivity contribution in [3.8, 4) is 0 Å². The zero-order chi connectivity index (χ0) is 12.4. The monoisotopic (exact) mass is 319 g/mol. The van der Waals surface area contributed by atoms with Crippen LogP contribution in [-0.2, 0) is 0 Å². The highest BCUT2D eigenvalue weighted by molar-refractivity contribution is 9.09. The predicted molar refractivity (Wildman–Crippen MR) is 73.2 cm³/mol. The lowest BCUT2D eigenvalue weighted by Gasteiger charge is -2.36. The van der Waals surface area contributed by atoms with Crippen molar-refractivity contribution >= 4 is 33.3 Å². The molecule has 2 rings (SSSR count). The molecule has 0 spiro atoms. The van der Waals surface area contributed by atoms with Crippen LogP contribution in [0, 0.1) is 0 Å². The molecule has 6 heteroatoms. The Labute approximate surface area is 114 Å². The molecule has 0 radical (unpaired) electrons. The standard InChI is InChI=1S/C11H15BrClN3O/c1-16(8-5-3-2-4-7(8)12)10-9(13)11(17)15-6-14-10/h6-8H,2-5H2,1H3,(H,14,15,17). The summed E-state index contributed by atoms with van der Waals surface area (Å²) in [7, 11) is 1.94. The van der Waals surface area contributed by atoms with Gasteiger partial charge in [-0.1, -0.05) is 40.4 Å². The van der Waals surface area contributed by atoms with Gasteiger partial charge in [0.1, 0.15) is 5.02 Å². The van der Waals surface area contributed by atoms with E-state index in [0.717, 1.165) is 12.8 Å². The van der Waals surface area contributed by atoms with Crippen LogP contribution in [0.4, 0.5) is 5.82 Å². The number of rotatable bonds is 2. The molecule has 1 N–H and O–H groups in total. The molecule has 94 valence electrons. The summed E-state index contributed by atoms with van der Waals surface area (Å²) in [5, 5.41) is 0.167. The summed E-state index contributed by atoms with van der Waals surface area (Å²) in [5.41, 5.74) is -0.287. The maximum atomic E-state index is 11.4. The summed E-state index contributed by atoms with van der Waals surface area (Å²) in [5.74, 6) is 0.562. The van der Waals surface area contributed by atoms with Gasteiger partial charge in [0.25, 0.3) is 5.56 Å². The first-order valence-corrected chi connectivity index (χ1v) is 7.00. The van der Waals surface area contributed by atoms with E-state index in [1.807, 2.05) is 11.9 Å². The van der Waals surface area contributed by atoms with E-state index in [0.29, 0.717) is 16.7 Å². The van der Waals surface area contributed by atoms with Crippen LogP contribution >= 0.6 is 27.5 Å². The topological polar surface area (TPSA) is 49.0 Å². The van der Waals surface area contributed by atoms with Gasteiger partial charge in [-0.05, 0) is 12.8 Å². The number of halogens is 2. The third-order valence-corrected chi connectivity index (χ3v) is 4.67. The zero-order valence-corrected chi connectivity index (χ0v) is 12.0. The number of H-pyrrole nitrogens is 1. The fraction of sp³-hybridized carbons (Fsp3) is 0.636. The van der Waals surface area contributed by atoms with Crippen molar-refractivity contribution < 1.29 is 0 Å². The third kappa shape index (κ3) is 2.65. The molecule has 2 unspecified atom stereocenters. The molecule has 1 aromatic heterocycles. The van der Waals surface area contributed by atoms with E-state index in [4.69, 9.17) is 11.6 Å².